The second kappa shape index (κ2) is 6.38. The first kappa shape index (κ1) is 14.3. The second-order valence-corrected chi connectivity index (χ2v) is 5.43. The number of thioether (sulfide) groups is 1. The zero-order valence-corrected chi connectivity index (χ0v) is 11.8. The normalized spacial score (nSPS) is 10.4. The Morgan fingerprint density at radius 3 is 2.60 bits per heavy atom. The summed E-state index contributed by atoms with van der Waals surface area (Å²) in [6.07, 6.45) is 1.61. The first-order valence-corrected chi connectivity index (χ1v) is 7.10. The van der Waals surface area contributed by atoms with Gasteiger partial charge in [-0.3, -0.25) is 14.9 Å². The third-order valence-electron chi connectivity index (χ3n) is 2.87. The lowest BCUT2D eigenvalue weighted by Gasteiger charge is -2.06. The molecule has 0 atom stereocenters. The van der Waals surface area contributed by atoms with Crippen LogP contribution in [0.4, 0.5) is 5.69 Å². The standard InChI is InChI=1S/C14H14N2O3S/c1-11-7-8-15(14(17)13(11)16(18)19)9-10-20-12-5-3-2-4-6-12/h2-8H,9-10H2,1H3. The predicted molar refractivity (Wildman–Crippen MR) is 79.3 cm³/mol. The quantitative estimate of drug-likeness (QED) is 0.482. The molecule has 20 heavy (non-hydrogen) atoms. The van der Waals surface area contributed by atoms with E-state index in [1.165, 1.54) is 4.57 Å². The Kier molecular flexibility index (Phi) is 4.57. The predicted octanol–water partition coefficient (Wildman–Crippen LogP) is 2.86. The summed E-state index contributed by atoms with van der Waals surface area (Å²) < 4.78 is 1.39. The van der Waals surface area contributed by atoms with E-state index >= 15 is 0 Å². The van der Waals surface area contributed by atoms with Gasteiger partial charge in [0.25, 0.3) is 0 Å². The molecule has 0 N–H and O–H groups in total. The van der Waals surface area contributed by atoms with Gasteiger partial charge in [-0.15, -0.1) is 11.8 Å². The third kappa shape index (κ3) is 3.27. The molecule has 2 aromatic rings. The molecule has 0 aliphatic rings. The lowest BCUT2D eigenvalue weighted by atomic mass is 10.2. The Balaban J connectivity index is 2.09. The molecule has 6 heteroatoms. The number of pyridine rings is 1. The number of rotatable bonds is 5. The molecule has 0 aliphatic carbocycles. The molecular weight excluding hydrogens is 276 g/mol. The monoisotopic (exact) mass is 290 g/mol. The van der Waals surface area contributed by atoms with Crippen LogP contribution in [0.15, 0.2) is 52.3 Å². The Hall–Kier alpha value is -2.08. The van der Waals surface area contributed by atoms with Crippen molar-refractivity contribution < 1.29 is 4.92 Å². The lowest BCUT2D eigenvalue weighted by Crippen LogP contribution is -2.23. The molecule has 0 amide bonds. The van der Waals surface area contributed by atoms with Crippen molar-refractivity contribution in [3.05, 3.63) is 68.6 Å². The summed E-state index contributed by atoms with van der Waals surface area (Å²) in [6.45, 7) is 2.02. The molecule has 2 rings (SSSR count). The summed E-state index contributed by atoms with van der Waals surface area (Å²) in [5.74, 6) is 0.685. The van der Waals surface area contributed by atoms with Crippen molar-refractivity contribution in [3.63, 3.8) is 0 Å². The molecule has 0 saturated carbocycles. The number of hydrogen-bond acceptors (Lipinski definition) is 4. The van der Waals surface area contributed by atoms with Crippen LogP contribution in [0.3, 0.4) is 0 Å². The Morgan fingerprint density at radius 1 is 1.25 bits per heavy atom. The van der Waals surface area contributed by atoms with Crippen LogP contribution in [0.2, 0.25) is 0 Å². The van der Waals surface area contributed by atoms with Crippen LogP contribution < -0.4 is 5.56 Å². The average Bonchev–Trinajstić information content (AvgIpc) is 2.42. The molecule has 0 fully saturated rings. The first-order valence-electron chi connectivity index (χ1n) is 6.12. The van der Waals surface area contributed by atoms with Crippen molar-refractivity contribution >= 4 is 17.4 Å². The van der Waals surface area contributed by atoms with E-state index in [0.29, 0.717) is 17.9 Å². The van der Waals surface area contributed by atoms with Gasteiger partial charge in [-0.05, 0) is 25.1 Å². The molecule has 104 valence electrons. The van der Waals surface area contributed by atoms with E-state index in [-0.39, 0.29) is 5.69 Å². The zero-order valence-electron chi connectivity index (χ0n) is 11.0. The Bertz CT molecular complexity index is 668. The largest absolute Gasteiger partial charge is 0.336 e. The van der Waals surface area contributed by atoms with E-state index < -0.39 is 10.5 Å². The van der Waals surface area contributed by atoms with Crippen molar-refractivity contribution in [2.75, 3.05) is 5.75 Å². The molecule has 0 radical (unpaired) electrons. The van der Waals surface area contributed by atoms with Gasteiger partial charge in [-0.1, -0.05) is 18.2 Å². The van der Waals surface area contributed by atoms with Crippen LogP contribution in [0.5, 0.6) is 0 Å². The number of nitrogens with zero attached hydrogens (tertiary/aromatic N) is 2. The lowest BCUT2D eigenvalue weighted by molar-refractivity contribution is -0.387. The van der Waals surface area contributed by atoms with E-state index in [2.05, 4.69) is 0 Å². The SMILES string of the molecule is Cc1ccn(CCSc2ccccc2)c(=O)c1[N+](=O)[O-]. The molecular formula is C14H14N2O3S. The average molecular weight is 290 g/mol. The van der Waals surface area contributed by atoms with Gasteiger partial charge in [0.1, 0.15) is 0 Å². The molecule has 1 heterocycles. The highest BCUT2D eigenvalue weighted by Gasteiger charge is 2.17. The van der Waals surface area contributed by atoms with Crippen molar-refractivity contribution in [1.29, 1.82) is 0 Å². The van der Waals surface area contributed by atoms with Gasteiger partial charge in [0.05, 0.1) is 4.92 Å². The molecule has 5 nitrogen and oxygen atoms in total. The zero-order chi connectivity index (χ0) is 14.5. The number of nitro groups is 1. The fourth-order valence-corrected chi connectivity index (χ4v) is 2.70. The van der Waals surface area contributed by atoms with Gasteiger partial charge >= 0.3 is 11.2 Å². The number of aromatic nitrogens is 1. The molecule has 0 unspecified atom stereocenters. The van der Waals surface area contributed by atoms with E-state index in [0.717, 1.165) is 4.90 Å². The molecule has 0 spiro atoms. The topological polar surface area (TPSA) is 65.1 Å². The highest BCUT2D eigenvalue weighted by atomic mass is 32.2. The fraction of sp³-hybridized carbons (Fsp3) is 0.214. The molecule has 0 saturated heterocycles. The van der Waals surface area contributed by atoms with Gasteiger partial charge < -0.3 is 4.57 Å². The van der Waals surface area contributed by atoms with Crippen LogP contribution in [0, 0.1) is 17.0 Å². The first-order chi connectivity index (χ1) is 9.59. The maximum atomic E-state index is 12.0. The minimum atomic E-state index is -0.613. The van der Waals surface area contributed by atoms with Gasteiger partial charge in [-0.25, -0.2) is 0 Å². The summed E-state index contributed by atoms with van der Waals surface area (Å²) in [5, 5.41) is 10.9. The summed E-state index contributed by atoms with van der Waals surface area (Å²) in [7, 11) is 0. The highest BCUT2D eigenvalue weighted by Crippen LogP contribution is 2.17. The minimum absolute atomic E-state index is 0.336. The van der Waals surface area contributed by atoms with Crippen LogP contribution >= 0.6 is 11.8 Å². The summed E-state index contributed by atoms with van der Waals surface area (Å²) in [4.78, 5) is 23.4. The van der Waals surface area contributed by atoms with Gasteiger partial charge in [0.15, 0.2) is 0 Å². The van der Waals surface area contributed by atoms with Crippen LogP contribution in [0.25, 0.3) is 0 Å². The maximum Gasteiger partial charge on any atom is 0.336 e. The summed E-state index contributed by atoms with van der Waals surface area (Å²) in [5.41, 5.74) is -0.479. The van der Waals surface area contributed by atoms with Crippen LogP contribution in [-0.4, -0.2) is 15.2 Å². The van der Waals surface area contributed by atoms with Gasteiger partial charge in [0.2, 0.25) is 0 Å². The van der Waals surface area contributed by atoms with Crippen LogP contribution in [0.1, 0.15) is 5.56 Å². The highest BCUT2D eigenvalue weighted by molar-refractivity contribution is 7.99. The fourth-order valence-electron chi connectivity index (χ4n) is 1.83. The van der Waals surface area contributed by atoms with Crippen molar-refractivity contribution in [2.24, 2.45) is 0 Å². The van der Waals surface area contributed by atoms with E-state index in [1.807, 2.05) is 30.3 Å². The second-order valence-electron chi connectivity index (χ2n) is 4.26. The molecule has 1 aromatic heterocycles. The van der Waals surface area contributed by atoms with Gasteiger partial charge in [0, 0.05) is 29.0 Å². The number of hydrogen-bond donors (Lipinski definition) is 0. The Morgan fingerprint density at radius 2 is 1.95 bits per heavy atom. The van der Waals surface area contributed by atoms with Crippen molar-refractivity contribution in [3.8, 4) is 0 Å². The third-order valence-corrected chi connectivity index (χ3v) is 3.86. The minimum Gasteiger partial charge on any atom is -0.309 e. The summed E-state index contributed by atoms with van der Waals surface area (Å²) in [6, 6.07) is 11.4. The number of aryl methyl sites for hydroxylation is 2. The van der Waals surface area contributed by atoms with Gasteiger partial charge in [-0.2, -0.15) is 0 Å². The van der Waals surface area contributed by atoms with E-state index in [9.17, 15) is 14.9 Å². The van der Waals surface area contributed by atoms with Crippen molar-refractivity contribution in [1.82, 2.24) is 4.57 Å². The molecule has 1 aromatic carbocycles. The van der Waals surface area contributed by atoms with E-state index in [1.54, 1.807) is 30.9 Å². The summed E-state index contributed by atoms with van der Waals surface area (Å²) >= 11 is 1.61. The smallest absolute Gasteiger partial charge is 0.309 e. The van der Waals surface area contributed by atoms with E-state index in [4.69, 9.17) is 0 Å². The molecule has 0 bridgehead atoms. The maximum absolute atomic E-state index is 12.0. The van der Waals surface area contributed by atoms with Crippen molar-refractivity contribution in [2.45, 2.75) is 18.4 Å². The molecule has 0 aliphatic heterocycles. The number of benzene rings is 1. The Labute approximate surface area is 120 Å². The van der Waals surface area contributed by atoms with Crippen LogP contribution in [-0.2, 0) is 6.54 Å².